The molecule has 2 aliphatic rings. The predicted octanol–water partition coefficient (Wildman–Crippen LogP) is 3.86. The average molecular weight is 283 g/mol. The number of carbonyl (C=O) groups is 1. The van der Waals surface area contributed by atoms with Crippen LogP contribution in [0.15, 0.2) is 47.6 Å². The highest BCUT2D eigenvalue weighted by molar-refractivity contribution is 5.87. The summed E-state index contributed by atoms with van der Waals surface area (Å²) in [5.41, 5.74) is 1.75. The summed E-state index contributed by atoms with van der Waals surface area (Å²) in [6.45, 7) is 11.3. The van der Waals surface area contributed by atoms with Gasteiger partial charge in [0.05, 0.1) is 11.5 Å². The highest BCUT2D eigenvalue weighted by atomic mass is 16.5. The zero-order valence-corrected chi connectivity index (χ0v) is 13.1. The zero-order chi connectivity index (χ0) is 15.8. The molecule has 0 spiro atoms. The van der Waals surface area contributed by atoms with Crippen LogP contribution in [0, 0.1) is 22.2 Å². The molecule has 0 saturated carbocycles. The van der Waals surface area contributed by atoms with Crippen LogP contribution in [0.5, 0.6) is 0 Å². The summed E-state index contributed by atoms with van der Waals surface area (Å²) in [5, 5.41) is 9.26. The number of hydrogen-bond donors (Lipinski definition) is 0. The molecular formula is C18H21NO2. The van der Waals surface area contributed by atoms with Gasteiger partial charge in [-0.25, -0.2) is 4.79 Å². The number of ether oxygens (including phenoxy) is 1. The minimum absolute atomic E-state index is 0.162. The van der Waals surface area contributed by atoms with Crippen molar-refractivity contribution >= 4 is 5.97 Å². The molecule has 110 valence electrons. The molecule has 2 rings (SSSR count). The summed E-state index contributed by atoms with van der Waals surface area (Å²) >= 11 is 0. The van der Waals surface area contributed by atoms with Crippen molar-refractivity contribution in [2.45, 2.75) is 40.2 Å². The molecule has 2 unspecified atom stereocenters. The largest absolute Gasteiger partial charge is 0.454 e. The van der Waals surface area contributed by atoms with Crippen LogP contribution in [0.4, 0.5) is 0 Å². The van der Waals surface area contributed by atoms with Crippen LogP contribution in [0.3, 0.4) is 0 Å². The Morgan fingerprint density at radius 2 is 2.00 bits per heavy atom. The van der Waals surface area contributed by atoms with Gasteiger partial charge in [-0.2, -0.15) is 5.26 Å². The van der Waals surface area contributed by atoms with Crippen LogP contribution in [0.2, 0.25) is 0 Å². The van der Waals surface area contributed by atoms with Crippen molar-refractivity contribution < 1.29 is 9.53 Å². The maximum atomic E-state index is 11.9. The van der Waals surface area contributed by atoms with Crippen molar-refractivity contribution in [3.63, 3.8) is 0 Å². The van der Waals surface area contributed by atoms with E-state index in [4.69, 9.17) is 4.74 Å². The van der Waals surface area contributed by atoms with E-state index in [9.17, 15) is 10.1 Å². The number of rotatable bonds is 2. The number of nitriles is 1. The Bertz CT molecular complexity index is 628. The van der Waals surface area contributed by atoms with Crippen LogP contribution < -0.4 is 0 Å². The molecule has 3 heteroatoms. The van der Waals surface area contributed by atoms with Gasteiger partial charge >= 0.3 is 5.97 Å². The minimum Gasteiger partial charge on any atom is -0.454 e. The smallest absolute Gasteiger partial charge is 0.333 e. The number of hydrogen-bond acceptors (Lipinski definition) is 3. The standard InChI is InChI=1S/C18H21NO2/c1-12(2)16(20)21-15-14-7-9-18(5,11-19)8-6-13(14)10-17(15,3)4/h6-9,15H,1,10H2,2-5H3. The first-order valence-electron chi connectivity index (χ1n) is 7.08. The normalized spacial score (nSPS) is 29.6. The Balaban J connectivity index is 2.37. The van der Waals surface area contributed by atoms with E-state index in [0.717, 1.165) is 17.6 Å². The lowest BCUT2D eigenvalue weighted by molar-refractivity contribution is -0.146. The van der Waals surface area contributed by atoms with Crippen molar-refractivity contribution in [2.75, 3.05) is 0 Å². The average Bonchev–Trinajstić information content (AvgIpc) is 2.54. The third-order valence-electron chi connectivity index (χ3n) is 4.06. The summed E-state index contributed by atoms with van der Waals surface area (Å²) in [4.78, 5) is 11.9. The van der Waals surface area contributed by atoms with Crippen molar-refractivity contribution in [3.05, 3.63) is 47.6 Å². The van der Waals surface area contributed by atoms with Crippen LogP contribution in [0.25, 0.3) is 0 Å². The molecule has 0 aromatic carbocycles. The molecule has 0 N–H and O–H groups in total. The fraction of sp³-hybridized carbons (Fsp3) is 0.444. The molecule has 2 aliphatic carbocycles. The first-order chi connectivity index (χ1) is 9.68. The second kappa shape index (κ2) is 5.04. The van der Waals surface area contributed by atoms with Crippen molar-refractivity contribution in [2.24, 2.45) is 10.8 Å². The predicted molar refractivity (Wildman–Crippen MR) is 82.1 cm³/mol. The highest BCUT2D eigenvalue weighted by Gasteiger charge is 2.42. The Morgan fingerprint density at radius 3 is 2.57 bits per heavy atom. The summed E-state index contributed by atoms with van der Waals surface area (Å²) in [6, 6.07) is 2.28. The first kappa shape index (κ1) is 15.3. The van der Waals surface area contributed by atoms with Gasteiger partial charge in [-0.15, -0.1) is 0 Å². The summed E-state index contributed by atoms with van der Waals surface area (Å²) in [5.74, 6) is -0.369. The molecule has 2 atom stereocenters. The fourth-order valence-electron chi connectivity index (χ4n) is 2.72. The minimum atomic E-state index is -0.614. The topological polar surface area (TPSA) is 50.1 Å². The summed E-state index contributed by atoms with van der Waals surface area (Å²) in [6.07, 6.45) is 8.22. The van der Waals surface area contributed by atoms with Gasteiger partial charge in [0, 0.05) is 11.0 Å². The van der Waals surface area contributed by atoms with Gasteiger partial charge in [0.2, 0.25) is 0 Å². The van der Waals surface area contributed by atoms with E-state index in [1.807, 2.05) is 31.2 Å². The number of nitrogens with zero attached hydrogens (tertiary/aromatic N) is 1. The van der Waals surface area contributed by atoms with E-state index < -0.39 is 5.41 Å². The monoisotopic (exact) mass is 283 g/mol. The fourth-order valence-corrected chi connectivity index (χ4v) is 2.72. The lowest BCUT2D eigenvalue weighted by Crippen LogP contribution is -2.31. The van der Waals surface area contributed by atoms with E-state index >= 15 is 0 Å². The van der Waals surface area contributed by atoms with Crippen molar-refractivity contribution in [3.8, 4) is 6.07 Å². The van der Waals surface area contributed by atoms with E-state index in [1.54, 1.807) is 6.92 Å². The third kappa shape index (κ3) is 2.85. The van der Waals surface area contributed by atoms with E-state index in [-0.39, 0.29) is 17.5 Å². The molecule has 0 aromatic rings. The molecule has 0 heterocycles. The lowest BCUT2D eigenvalue weighted by atomic mass is 9.84. The van der Waals surface area contributed by atoms with Gasteiger partial charge in [-0.1, -0.05) is 44.7 Å². The van der Waals surface area contributed by atoms with Crippen molar-refractivity contribution in [1.29, 1.82) is 5.26 Å². The second-order valence-electron chi connectivity index (χ2n) is 6.77. The maximum Gasteiger partial charge on any atom is 0.333 e. The quantitative estimate of drug-likeness (QED) is 0.571. The molecule has 0 bridgehead atoms. The second-order valence-corrected chi connectivity index (χ2v) is 6.77. The maximum absolute atomic E-state index is 11.9. The van der Waals surface area contributed by atoms with Gasteiger partial charge in [0.25, 0.3) is 0 Å². The van der Waals surface area contributed by atoms with Crippen molar-refractivity contribution in [1.82, 2.24) is 0 Å². The van der Waals surface area contributed by atoms with Gasteiger partial charge in [0.15, 0.2) is 0 Å². The molecule has 0 aromatic heterocycles. The number of allylic oxidation sites excluding steroid dienone is 4. The van der Waals surface area contributed by atoms with Gasteiger partial charge in [-0.05, 0) is 31.4 Å². The summed E-state index contributed by atoms with van der Waals surface area (Å²) in [7, 11) is 0. The Hall–Kier alpha value is -2.08. The van der Waals surface area contributed by atoms with Crippen LogP contribution in [0.1, 0.15) is 34.1 Å². The molecule has 0 aliphatic heterocycles. The van der Waals surface area contributed by atoms with Gasteiger partial charge in [-0.3, -0.25) is 0 Å². The highest BCUT2D eigenvalue weighted by Crippen LogP contribution is 2.46. The summed E-state index contributed by atoms with van der Waals surface area (Å²) < 4.78 is 5.65. The number of esters is 1. The first-order valence-corrected chi connectivity index (χ1v) is 7.08. The molecule has 0 radical (unpaired) electrons. The van der Waals surface area contributed by atoms with Crippen LogP contribution in [-0.2, 0) is 9.53 Å². The third-order valence-corrected chi connectivity index (χ3v) is 4.06. The SMILES string of the molecule is C=C(C)C(=O)OC1C2=C(C=CC(C)(C#N)C=C2)CC1(C)C. The Labute approximate surface area is 126 Å². The Morgan fingerprint density at radius 1 is 1.38 bits per heavy atom. The molecule has 0 fully saturated rings. The van der Waals surface area contributed by atoms with Gasteiger partial charge in [0.1, 0.15) is 6.10 Å². The Kier molecular flexibility index (Phi) is 3.67. The molecule has 3 nitrogen and oxygen atoms in total. The number of carbonyl (C=O) groups excluding carboxylic acids is 1. The van der Waals surface area contributed by atoms with Gasteiger partial charge < -0.3 is 4.74 Å². The molecule has 0 saturated heterocycles. The van der Waals surface area contributed by atoms with E-state index in [1.165, 1.54) is 0 Å². The van der Waals surface area contributed by atoms with Crippen LogP contribution >= 0.6 is 0 Å². The molecular weight excluding hydrogens is 262 g/mol. The molecule has 21 heavy (non-hydrogen) atoms. The molecule has 0 amide bonds. The lowest BCUT2D eigenvalue weighted by Gasteiger charge is -2.28. The van der Waals surface area contributed by atoms with Crippen LogP contribution in [-0.4, -0.2) is 12.1 Å². The van der Waals surface area contributed by atoms with E-state index in [2.05, 4.69) is 26.5 Å². The van der Waals surface area contributed by atoms with E-state index in [0.29, 0.717) is 5.57 Å². The zero-order valence-electron chi connectivity index (χ0n) is 13.1.